The molecule has 1 saturated heterocycles. The van der Waals surface area contributed by atoms with Crippen molar-refractivity contribution < 1.29 is 14.3 Å². The molecule has 1 aliphatic heterocycles. The normalized spacial score (nSPS) is 17.8. The maximum Gasteiger partial charge on any atom is 0.236 e. The predicted molar refractivity (Wildman–Crippen MR) is 104 cm³/mol. The number of hydrogen-bond donors (Lipinski definition) is 1. The number of likely N-dealkylation sites (N-methyl/N-ethyl adjacent to an activating group) is 1. The summed E-state index contributed by atoms with van der Waals surface area (Å²) in [6, 6.07) is 8.48. The van der Waals surface area contributed by atoms with Gasteiger partial charge in [0.1, 0.15) is 5.75 Å². The van der Waals surface area contributed by atoms with Crippen molar-refractivity contribution in [3.8, 4) is 5.75 Å². The number of benzene rings is 1. The molecule has 1 saturated carbocycles. The molecule has 0 atom stereocenters. The van der Waals surface area contributed by atoms with Crippen LogP contribution in [0.3, 0.4) is 0 Å². The number of rotatable bonds is 8. The van der Waals surface area contributed by atoms with Crippen molar-refractivity contribution in [2.24, 2.45) is 0 Å². The Bertz CT molecular complexity index is 637. The van der Waals surface area contributed by atoms with E-state index in [1.165, 1.54) is 5.56 Å². The number of ether oxygens (including phenoxy) is 1. The van der Waals surface area contributed by atoms with Crippen LogP contribution in [0.15, 0.2) is 24.3 Å². The van der Waals surface area contributed by atoms with Gasteiger partial charge in [0.25, 0.3) is 0 Å². The van der Waals surface area contributed by atoms with Crippen molar-refractivity contribution in [2.75, 3.05) is 53.4 Å². The fourth-order valence-corrected chi connectivity index (χ4v) is 3.28. The van der Waals surface area contributed by atoms with Crippen LogP contribution in [0.25, 0.3) is 0 Å². The molecular weight excluding hydrogens is 344 g/mol. The van der Waals surface area contributed by atoms with E-state index in [4.69, 9.17) is 4.74 Å². The third kappa shape index (κ3) is 6.22. The molecule has 2 fully saturated rings. The summed E-state index contributed by atoms with van der Waals surface area (Å²) in [7, 11) is 3.49. The minimum atomic E-state index is 0.0112. The highest BCUT2D eigenvalue weighted by molar-refractivity contribution is 5.81. The first-order valence-corrected chi connectivity index (χ1v) is 9.64. The van der Waals surface area contributed by atoms with Gasteiger partial charge in [0.05, 0.1) is 20.2 Å². The number of piperazine rings is 1. The van der Waals surface area contributed by atoms with Gasteiger partial charge in [-0.25, -0.2) is 0 Å². The fraction of sp³-hybridized carbons (Fsp3) is 0.600. The Morgan fingerprint density at radius 3 is 2.37 bits per heavy atom. The largest absolute Gasteiger partial charge is 0.497 e. The van der Waals surface area contributed by atoms with Crippen molar-refractivity contribution in [2.45, 2.75) is 25.4 Å². The molecule has 3 rings (SSSR count). The minimum Gasteiger partial charge on any atom is -0.497 e. The average molecular weight is 374 g/mol. The van der Waals surface area contributed by atoms with Crippen molar-refractivity contribution in [3.63, 3.8) is 0 Å². The van der Waals surface area contributed by atoms with Gasteiger partial charge in [0.15, 0.2) is 0 Å². The van der Waals surface area contributed by atoms with Gasteiger partial charge in [-0.2, -0.15) is 0 Å². The summed E-state index contributed by atoms with van der Waals surface area (Å²) in [5, 5.41) is 2.95. The van der Waals surface area contributed by atoms with E-state index in [1.807, 2.05) is 24.1 Å². The molecule has 7 heteroatoms. The Balaban J connectivity index is 1.37. The Morgan fingerprint density at radius 1 is 1.11 bits per heavy atom. The summed E-state index contributed by atoms with van der Waals surface area (Å²) in [5.74, 6) is 0.974. The number of methoxy groups -OCH3 is 1. The van der Waals surface area contributed by atoms with Crippen LogP contribution in [0.4, 0.5) is 0 Å². The highest BCUT2D eigenvalue weighted by atomic mass is 16.5. The van der Waals surface area contributed by atoms with Gasteiger partial charge in [-0.05, 0) is 37.6 Å². The smallest absolute Gasteiger partial charge is 0.236 e. The molecular formula is C20H30N4O3. The van der Waals surface area contributed by atoms with Crippen LogP contribution in [0, 0.1) is 0 Å². The summed E-state index contributed by atoms with van der Waals surface area (Å²) in [5.41, 5.74) is 1.25. The number of amides is 2. The first-order valence-electron chi connectivity index (χ1n) is 9.64. The standard InChI is InChI=1S/C20H30N4O3/c1-22(14-19(25)21-17-5-6-17)15-20(26)24-11-9-23(10-12-24)13-16-3-7-18(27-2)8-4-16/h3-4,7-8,17H,5-6,9-15H2,1-2H3,(H,21,25). The zero-order valence-electron chi connectivity index (χ0n) is 16.3. The molecule has 0 bridgehead atoms. The van der Waals surface area contributed by atoms with E-state index < -0.39 is 0 Å². The minimum absolute atomic E-state index is 0.0112. The summed E-state index contributed by atoms with van der Waals surface area (Å²) >= 11 is 0. The van der Waals surface area contributed by atoms with Gasteiger partial charge in [-0.3, -0.25) is 19.4 Å². The van der Waals surface area contributed by atoms with Crippen molar-refractivity contribution in [1.82, 2.24) is 20.0 Å². The van der Waals surface area contributed by atoms with E-state index in [0.29, 0.717) is 6.04 Å². The Morgan fingerprint density at radius 2 is 1.78 bits per heavy atom. The molecule has 148 valence electrons. The van der Waals surface area contributed by atoms with Crippen LogP contribution in [-0.4, -0.2) is 86.0 Å². The second-order valence-electron chi connectivity index (χ2n) is 7.52. The molecule has 1 aromatic rings. The Hall–Kier alpha value is -2.12. The average Bonchev–Trinajstić information content (AvgIpc) is 3.46. The van der Waals surface area contributed by atoms with Gasteiger partial charge in [-0.15, -0.1) is 0 Å². The van der Waals surface area contributed by atoms with Crippen molar-refractivity contribution in [1.29, 1.82) is 0 Å². The zero-order valence-corrected chi connectivity index (χ0v) is 16.3. The number of nitrogens with zero attached hydrogens (tertiary/aromatic N) is 3. The lowest BCUT2D eigenvalue weighted by Crippen LogP contribution is -2.51. The molecule has 2 aliphatic rings. The molecule has 0 aromatic heterocycles. The van der Waals surface area contributed by atoms with Crippen LogP contribution >= 0.6 is 0 Å². The predicted octanol–water partition coefficient (Wildman–Crippen LogP) is 0.550. The SMILES string of the molecule is COc1ccc(CN2CCN(C(=O)CN(C)CC(=O)NC3CC3)CC2)cc1. The van der Waals surface area contributed by atoms with Gasteiger partial charge in [0.2, 0.25) is 11.8 Å². The summed E-state index contributed by atoms with van der Waals surface area (Å²) in [4.78, 5) is 30.4. The molecule has 0 spiro atoms. The second-order valence-corrected chi connectivity index (χ2v) is 7.52. The van der Waals surface area contributed by atoms with Crippen LogP contribution in [0.2, 0.25) is 0 Å². The topological polar surface area (TPSA) is 65.1 Å². The molecule has 1 aromatic carbocycles. The highest BCUT2D eigenvalue weighted by Gasteiger charge is 2.25. The van der Waals surface area contributed by atoms with Gasteiger partial charge < -0.3 is 15.0 Å². The summed E-state index contributed by atoms with van der Waals surface area (Å²) < 4.78 is 5.19. The number of hydrogen-bond acceptors (Lipinski definition) is 5. The zero-order chi connectivity index (χ0) is 19.2. The van der Waals surface area contributed by atoms with Crippen molar-refractivity contribution >= 4 is 11.8 Å². The van der Waals surface area contributed by atoms with E-state index >= 15 is 0 Å². The maximum absolute atomic E-state index is 12.5. The number of carbonyl (C=O) groups is 2. The summed E-state index contributed by atoms with van der Waals surface area (Å²) in [6.45, 7) is 4.64. The number of nitrogens with one attached hydrogen (secondary N) is 1. The number of carbonyl (C=O) groups excluding carboxylic acids is 2. The van der Waals surface area contributed by atoms with Gasteiger partial charge in [0, 0.05) is 38.8 Å². The van der Waals surface area contributed by atoms with Crippen LogP contribution in [0.5, 0.6) is 5.75 Å². The lowest BCUT2D eigenvalue weighted by Gasteiger charge is -2.35. The monoisotopic (exact) mass is 374 g/mol. The molecule has 1 aliphatic carbocycles. The molecule has 0 unspecified atom stereocenters. The van der Waals surface area contributed by atoms with E-state index in [0.717, 1.165) is 51.3 Å². The first-order chi connectivity index (χ1) is 13.0. The Kier molecular flexibility index (Phi) is 6.68. The second kappa shape index (κ2) is 9.19. The highest BCUT2D eigenvalue weighted by Crippen LogP contribution is 2.18. The maximum atomic E-state index is 12.5. The van der Waals surface area contributed by atoms with E-state index in [2.05, 4.69) is 22.3 Å². The van der Waals surface area contributed by atoms with E-state index in [9.17, 15) is 9.59 Å². The van der Waals surface area contributed by atoms with E-state index in [1.54, 1.807) is 12.0 Å². The quantitative estimate of drug-likeness (QED) is 0.720. The molecule has 2 amide bonds. The molecule has 1 heterocycles. The lowest BCUT2D eigenvalue weighted by atomic mass is 10.2. The lowest BCUT2D eigenvalue weighted by molar-refractivity contribution is -0.134. The van der Waals surface area contributed by atoms with Crippen molar-refractivity contribution in [3.05, 3.63) is 29.8 Å². The Labute approximate surface area is 161 Å². The van der Waals surface area contributed by atoms with Crippen LogP contribution in [-0.2, 0) is 16.1 Å². The van der Waals surface area contributed by atoms with Crippen LogP contribution in [0.1, 0.15) is 18.4 Å². The third-order valence-corrected chi connectivity index (χ3v) is 5.05. The summed E-state index contributed by atoms with van der Waals surface area (Å²) in [6.07, 6.45) is 2.16. The fourth-order valence-electron chi connectivity index (χ4n) is 3.28. The molecule has 1 N–H and O–H groups in total. The van der Waals surface area contributed by atoms with Crippen LogP contribution < -0.4 is 10.1 Å². The van der Waals surface area contributed by atoms with E-state index in [-0.39, 0.29) is 24.9 Å². The van der Waals surface area contributed by atoms with Gasteiger partial charge >= 0.3 is 0 Å². The first kappa shape index (κ1) is 19.6. The molecule has 7 nitrogen and oxygen atoms in total. The molecule has 27 heavy (non-hydrogen) atoms. The van der Waals surface area contributed by atoms with Gasteiger partial charge in [-0.1, -0.05) is 12.1 Å². The third-order valence-electron chi connectivity index (χ3n) is 5.05. The molecule has 0 radical (unpaired) electrons.